The number of hydrogen-bond acceptors (Lipinski definition) is 3. The summed E-state index contributed by atoms with van der Waals surface area (Å²) in [5.41, 5.74) is 13.2. The number of aryl methyl sites for hydroxylation is 1. The molecule has 28 heavy (non-hydrogen) atoms. The first-order chi connectivity index (χ1) is 13.6. The predicted molar refractivity (Wildman–Crippen MR) is 116 cm³/mol. The molecule has 0 atom stereocenters. The molecule has 2 aromatic heterocycles. The molecule has 5 heteroatoms. The minimum absolute atomic E-state index is 0.0853. The number of allylic oxidation sites excluding steroid dienone is 3. The van der Waals surface area contributed by atoms with E-state index in [0.29, 0.717) is 5.57 Å². The van der Waals surface area contributed by atoms with Gasteiger partial charge in [-0.05, 0) is 67.5 Å². The van der Waals surface area contributed by atoms with Gasteiger partial charge >= 0.3 is 0 Å². The van der Waals surface area contributed by atoms with Gasteiger partial charge < -0.3 is 15.9 Å². The van der Waals surface area contributed by atoms with Crippen LogP contribution >= 0.6 is 0 Å². The third-order valence-electron chi connectivity index (χ3n) is 5.51. The largest absolute Gasteiger partial charge is 0.409 e. The lowest BCUT2D eigenvalue weighted by molar-refractivity contribution is 0.318. The molecule has 0 spiro atoms. The summed E-state index contributed by atoms with van der Waals surface area (Å²) in [6, 6.07) is 6.26. The molecule has 0 fully saturated rings. The van der Waals surface area contributed by atoms with E-state index in [1.807, 2.05) is 25.3 Å². The van der Waals surface area contributed by atoms with Gasteiger partial charge in [0.15, 0.2) is 5.84 Å². The number of rotatable bonds is 4. The summed E-state index contributed by atoms with van der Waals surface area (Å²) < 4.78 is 0. The Balaban J connectivity index is 1.86. The summed E-state index contributed by atoms with van der Waals surface area (Å²) in [5, 5.41) is 14.5. The van der Waals surface area contributed by atoms with Crippen molar-refractivity contribution >= 4 is 33.2 Å². The third-order valence-corrected chi connectivity index (χ3v) is 5.51. The first-order valence-corrected chi connectivity index (χ1v) is 9.56. The van der Waals surface area contributed by atoms with E-state index in [0.717, 1.165) is 35.1 Å². The minimum Gasteiger partial charge on any atom is -0.409 e. The standard InChI is InChI=1S/C23H24N4O/c1-3-15(23(24)27-28)9-8-14(2)22-17-7-5-4-6-16(17)21-18-12-13-25-19(18)10-11-20(21)26-22/h3,8-13,26,28H,2,4-7H2,1H3,(H2,24,27)/b9-8-,15-3+. The van der Waals surface area contributed by atoms with Crippen LogP contribution in [-0.4, -0.2) is 21.0 Å². The van der Waals surface area contributed by atoms with E-state index in [4.69, 9.17) is 10.9 Å². The van der Waals surface area contributed by atoms with Crippen molar-refractivity contribution in [1.29, 1.82) is 0 Å². The second-order valence-electron chi connectivity index (χ2n) is 7.12. The van der Waals surface area contributed by atoms with Gasteiger partial charge in [0.2, 0.25) is 0 Å². The summed E-state index contributed by atoms with van der Waals surface area (Å²) >= 11 is 0. The normalized spacial score (nSPS) is 15.5. The number of benzene rings is 1. The van der Waals surface area contributed by atoms with E-state index < -0.39 is 0 Å². The summed E-state index contributed by atoms with van der Waals surface area (Å²) in [6.07, 6.45) is 11.9. The Morgan fingerprint density at radius 3 is 2.75 bits per heavy atom. The highest BCUT2D eigenvalue weighted by molar-refractivity contribution is 6.08. The smallest absolute Gasteiger partial charge is 0.169 e. The van der Waals surface area contributed by atoms with Crippen LogP contribution in [0.2, 0.25) is 0 Å². The Hall–Kier alpha value is -3.34. The van der Waals surface area contributed by atoms with Gasteiger partial charge in [-0.2, -0.15) is 0 Å². The van der Waals surface area contributed by atoms with Crippen molar-refractivity contribution in [2.45, 2.75) is 32.6 Å². The highest BCUT2D eigenvalue weighted by Crippen LogP contribution is 2.36. The number of hydrogen-bond donors (Lipinski definition) is 3. The van der Waals surface area contributed by atoms with E-state index in [1.165, 1.54) is 34.7 Å². The average Bonchev–Trinajstić information content (AvgIpc) is 3.21. The fourth-order valence-corrected chi connectivity index (χ4v) is 4.11. The Bertz CT molecular complexity index is 1160. The monoisotopic (exact) mass is 372 g/mol. The zero-order valence-corrected chi connectivity index (χ0v) is 16.0. The van der Waals surface area contributed by atoms with Crippen molar-refractivity contribution in [3.63, 3.8) is 0 Å². The van der Waals surface area contributed by atoms with Gasteiger partial charge in [-0.15, -0.1) is 0 Å². The van der Waals surface area contributed by atoms with Crippen LogP contribution in [0.25, 0.3) is 27.4 Å². The molecule has 0 amide bonds. The lowest BCUT2D eigenvalue weighted by atomic mass is 9.85. The third kappa shape index (κ3) is 2.99. The Morgan fingerprint density at radius 2 is 2.00 bits per heavy atom. The van der Waals surface area contributed by atoms with Gasteiger partial charge in [0.05, 0.1) is 5.52 Å². The SMILES string of the molecule is C=C(/C=C\C(=C/C)C(N)=NO)c1[nH]c2ccc3nccc3c2c2c1CCCC2. The topological polar surface area (TPSA) is 87.3 Å². The number of H-pyrrole nitrogens is 1. The number of aromatic amines is 1. The van der Waals surface area contributed by atoms with Crippen molar-refractivity contribution in [2.24, 2.45) is 10.9 Å². The van der Waals surface area contributed by atoms with Crippen LogP contribution in [-0.2, 0) is 12.8 Å². The molecule has 5 nitrogen and oxygen atoms in total. The van der Waals surface area contributed by atoms with Gasteiger partial charge in [0, 0.05) is 33.8 Å². The van der Waals surface area contributed by atoms with Gasteiger partial charge in [-0.1, -0.05) is 30.0 Å². The van der Waals surface area contributed by atoms with Crippen molar-refractivity contribution < 1.29 is 5.21 Å². The highest BCUT2D eigenvalue weighted by atomic mass is 16.4. The molecule has 4 rings (SSSR count). The fraction of sp³-hybridized carbons (Fsp3) is 0.217. The maximum absolute atomic E-state index is 8.92. The van der Waals surface area contributed by atoms with Crippen LogP contribution in [0.4, 0.5) is 0 Å². The molecule has 142 valence electrons. The zero-order valence-electron chi connectivity index (χ0n) is 16.0. The molecular weight excluding hydrogens is 348 g/mol. The number of aromatic nitrogens is 2. The molecule has 4 N–H and O–H groups in total. The number of fused-ring (bicyclic) bond motifs is 5. The van der Waals surface area contributed by atoms with E-state index in [9.17, 15) is 0 Å². The van der Waals surface area contributed by atoms with Gasteiger partial charge in [-0.3, -0.25) is 4.98 Å². The molecule has 1 aliphatic rings. The van der Waals surface area contributed by atoms with Crippen LogP contribution in [0.5, 0.6) is 0 Å². The number of pyridine rings is 1. The van der Waals surface area contributed by atoms with Gasteiger partial charge in [0.25, 0.3) is 0 Å². The van der Waals surface area contributed by atoms with Crippen molar-refractivity contribution in [3.05, 3.63) is 71.6 Å². The predicted octanol–water partition coefficient (Wildman–Crippen LogP) is 4.86. The van der Waals surface area contributed by atoms with E-state index in [1.54, 1.807) is 6.08 Å². The van der Waals surface area contributed by atoms with Crippen LogP contribution < -0.4 is 5.73 Å². The number of oxime groups is 1. The lowest BCUT2D eigenvalue weighted by Crippen LogP contribution is -2.13. The molecule has 0 unspecified atom stereocenters. The molecule has 0 saturated heterocycles. The summed E-state index contributed by atoms with van der Waals surface area (Å²) in [5.74, 6) is 0.0853. The summed E-state index contributed by atoms with van der Waals surface area (Å²) in [4.78, 5) is 8.08. The number of nitrogens with one attached hydrogen (secondary N) is 1. The van der Waals surface area contributed by atoms with Crippen molar-refractivity contribution in [1.82, 2.24) is 9.97 Å². The maximum Gasteiger partial charge on any atom is 0.169 e. The van der Waals surface area contributed by atoms with E-state index >= 15 is 0 Å². The number of nitrogens with zero attached hydrogens (tertiary/aromatic N) is 2. The molecule has 1 aliphatic carbocycles. The molecule has 0 saturated carbocycles. The minimum atomic E-state index is 0.0853. The maximum atomic E-state index is 8.92. The van der Waals surface area contributed by atoms with Crippen molar-refractivity contribution in [2.75, 3.05) is 0 Å². The van der Waals surface area contributed by atoms with Gasteiger partial charge in [0.1, 0.15) is 0 Å². The van der Waals surface area contributed by atoms with Crippen LogP contribution in [0.15, 0.2) is 59.9 Å². The Morgan fingerprint density at radius 1 is 1.21 bits per heavy atom. The van der Waals surface area contributed by atoms with E-state index in [-0.39, 0.29) is 5.84 Å². The fourth-order valence-electron chi connectivity index (χ4n) is 4.11. The number of nitrogens with two attached hydrogens (primary N) is 1. The first-order valence-electron chi connectivity index (χ1n) is 9.56. The molecule has 3 aromatic rings. The Kier molecular flexibility index (Phi) is 4.74. The van der Waals surface area contributed by atoms with Gasteiger partial charge in [-0.25, -0.2) is 0 Å². The second kappa shape index (κ2) is 7.35. The summed E-state index contributed by atoms with van der Waals surface area (Å²) in [7, 11) is 0. The molecular formula is C23H24N4O. The van der Waals surface area contributed by atoms with Crippen LogP contribution in [0.1, 0.15) is 36.6 Å². The van der Waals surface area contributed by atoms with Crippen LogP contribution in [0, 0.1) is 0 Å². The molecule has 0 radical (unpaired) electrons. The molecule has 0 aliphatic heterocycles. The highest BCUT2D eigenvalue weighted by Gasteiger charge is 2.20. The molecule has 1 aromatic carbocycles. The molecule has 0 bridgehead atoms. The van der Waals surface area contributed by atoms with Crippen molar-refractivity contribution in [3.8, 4) is 0 Å². The second-order valence-corrected chi connectivity index (χ2v) is 7.12. The average molecular weight is 372 g/mol. The van der Waals surface area contributed by atoms with Crippen LogP contribution in [0.3, 0.4) is 0 Å². The van der Waals surface area contributed by atoms with E-state index in [2.05, 4.69) is 39.9 Å². The number of amidine groups is 1. The zero-order chi connectivity index (χ0) is 19.7. The summed E-state index contributed by atoms with van der Waals surface area (Å²) in [6.45, 7) is 6.13. The lowest BCUT2D eigenvalue weighted by Gasteiger charge is -2.23. The Labute approximate surface area is 164 Å². The quantitative estimate of drug-likeness (QED) is 0.201. The first kappa shape index (κ1) is 18.0. The molecule has 2 heterocycles.